The van der Waals surface area contributed by atoms with Crippen LogP contribution in [-0.2, 0) is 0 Å². The number of nitrogens with zero attached hydrogens (tertiary/aromatic N) is 4. The van der Waals surface area contributed by atoms with Crippen LogP contribution in [0.25, 0.3) is 11.2 Å². The lowest BCUT2D eigenvalue weighted by molar-refractivity contribution is -0.429. The second-order valence-electron chi connectivity index (χ2n) is 3.43. The zero-order chi connectivity index (χ0) is 10.3. The number of fused-ring (bicyclic) bond motifs is 1. The highest BCUT2D eigenvalue weighted by atomic mass is 35.5. The van der Waals surface area contributed by atoms with Crippen molar-refractivity contribution in [1.82, 2.24) is 19.9 Å². The van der Waals surface area contributed by atoms with E-state index in [2.05, 4.69) is 30.7 Å². The third-order valence-corrected chi connectivity index (χ3v) is 2.63. The van der Waals surface area contributed by atoms with Gasteiger partial charge >= 0.3 is 11.1 Å². The van der Waals surface area contributed by atoms with Gasteiger partial charge in [-0.15, -0.1) is 0 Å². The van der Waals surface area contributed by atoms with Gasteiger partial charge in [0, 0.05) is 6.42 Å². The highest BCUT2D eigenvalue weighted by Crippen LogP contribution is 2.22. The van der Waals surface area contributed by atoms with Crippen molar-refractivity contribution in [2.24, 2.45) is 0 Å². The maximum atomic E-state index is 5.85. The lowest BCUT2D eigenvalue weighted by Crippen LogP contribution is -2.04. The van der Waals surface area contributed by atoms with E-state index in [-0.39, 0.29) is 5.28 Å². The van der Waals surface area contributed by atoms with Crippen molar-refractivity contribution >= 4 is 34.8 Å². The van der Waals surface area contributed by atoms with E-state index >= 15 is 0 Å². The first-order chi connectivity index (χ1) is 7.34. The quantitative estimate of drug-likeness (QED) is 0.588. The molecular weight excluding hydrogens is 214 g/mol. The van der Waals surface area contributed by atoms with Gasteiger partial charge in [0.25, 0.3) is 0 Å². The molecule has 0 saturated heterocycles. The average Bonchev–Trinajstić information content (AvgIpc) is 2.86. The molecule has 0 unspecified atom stereocenters. The highest BCUT2D eigenvalue weighted by molar-refractivity contribution is 6.28. The summed E-state index contributed by atoms with van der Waals surface area (Å²) in [5.41, 5.74) is 1.46. The average molecular weight is 223 g/mol. The Morgan fingerprint density at radius 3 is 3.13 bits per heavy atom. The molecule has 2 aromatic rings. The molecule has 3 rings (SSSR count). The van der Waals surface area contributed by atoms with Crippen molar-refractivity contribution in [3.8, 4) is 0 Å². The molecule has 0 aliphatic carbocycles. The largest absolute Gasteiger partial charge is 0.356 e. The summed E-state index contributed by atoms with van der Waals surface area (Å²) >= 11 is 5.85. The summed E-state index contributed by atoms with van der Waals surface area (Å²) in [7, 11) is 0. The van der Waals surface area contributed by atoms with Gasteiger partial charge < -0.3 is 4.98 Å². The van der Waals surface area contributed by atoms with Crippen LogP contribution < -0.4 is 0 Å². The molecule has 15 heavy (non-hydrogen) atoms. The molecule has 2 aromatic heterocycles. The molecule has 0 bridgehead atoms. The molecule has 0 fully saturated rings. The predicted molar refractivity (Wildman–Crippen MR) is 56.8 cm³/mol. The molecule has 0 radical (unpaired) electrons. The minimum Gasteiger partial charge on any atom is -0.329 e. The third-order valence-electron chi connectivity index (χ3n) is 2.46. The predicted octanol–water partition coefficient (Wildman–Crippen LogP) is 1.51. The number of hydrogen-bond donors (Lipinski definition) is 1. The van der Waals surface area contributed by atoms with Crippen LogP contribution in [0.3, 0.4) is 0 Å². The number of rotatable bonds is 1. The molecule has 3 heterocycles. The first-order valence-corrected chi connectivity index (χ1v) is 5.19. The molecule has 0 saturated carbocycles. The highest BCUT2D eigenvalue weighted by Gasteiger charge is 2.22. The Bertz CT molecular complexity index is 544. The molecule has 0 amide bonds. The fourth-order valence-electron chi connectivity index (χ4n) is 1.79. The van der Waals surface area contributed by atoms with E-state index in [1.165, 1.54) is 0 Å². The number of halogens is 1. The van der Waals surface area contributed by atoms with Crippen LogP contribution in [0.15, 0.2) is 6.33 Å². The van der Waals surface area contributed by atoms with Gasteiger partial charge in [-0.25, -0.2) is 9.56 Å². The lowest BCUT2D eigenvalue weighted by atomic mass is 10.4. The van der Waals surface area contributed by atoms with Crippen LogP contribution in [0.1, 0.15) is 12.8 Å². The molecule has 1 N–H and O–H groups in total. The van der Waals surface area contributed by atoms with Gasteiger partial charge in [-0.1, -0.05) is 0 Å². The van der Waals surface area contributed by atoms with Crippen LogP contribution in [-0.4, -0.2) is 37.3 Å². The first-order valence-electron chi connectivity index (χ1n) is 4.81. The Hall–Kier alpha value is -1.49. The topological polar surface area (TPSA) is 57.5 Å². The second kappa shape index (κ2) is 3.27. The van der Waals surface area contributed by atoms with E-state index in [0.717, 1.165) is 30.7 Å². The summed E-state index contributed by atoms with van der Waals surface area (Å²) in [6.45, 7) is 0.968. The molecule has 76 valence electrons. The monoisotopic (exact) mass is 222 g/mol. The van der Waals surface area contributed by atoms with Gasteiger partial charge in [0.05, 0.1) is 19.1 Å². The summed E-state index contributed by atoms with van der Waals surface area (Å²) < 4.78 is 2.08. The van der Waals surface area contributed by atoms with Crippen LogP contribution in [0.2, 0.25) is 5.28 Å². The van der Waals surface area contributed by atoms with Crippen molar-refractivity contribution in [3.05, 3.63) is 11.6 Å². The van der Waals surface area contributed by atoms with Crippen LogP contribution in [0, 0.1) is 0 Å². The number of hydrogen-bond acceptors (Lipinski definition) is 3. The smallest absolute Gasteiger partial charge is 0.329 e. The maximum absolute atomic E-state index is 5.85. The number of H-pyrrole nitrogens is 1. The van der Waals surface area contributed by atoms with Gasteiger partial charge in [-0.2, -0.15) is 4.98 Å². The first kappa shape index (κ1) is 8.79. The maximum Gasteiger partial charge on any atom is 0.356 e. The lowest BCUT2D eigenvalue weighted by Gasteiger charge is -1.96. The normalized spacial score (nSPS) is 15.9. The van der Waals surface area contributed by atoms with Crippen molar-refractivity contribution in [3.63, 3.8) is 0 Å². The summed E-state index contributed by atoms with van der Waals surface area (Å²) in [6.07, 6.45) is 5.95. The fourth-order valence-corrected chi connectivity index (χ4v) is 1.95. The molecule has 0 spiro atoms. The molecule has 0 aromatic carbocycles. The number of imidazole rings is 1. The van der Waals surface area contributed by atoms with Crippen molar-refractivity contribution in [1.29, 1.82) is 0 Å². The Morgan fingerprint density at radius 2 is 2.33 bits per heavy atom. The van der Waals surface area contributed by atoms with Crippen molar-refractivity contribution < 1.29 is 4.58 Å². The summed E-state index contributed by atoms with van der Waals surface area (Å²) in [5, 5.41) is 0.252. The molecule has 0 atom stereocenters. The molecule has 5 nitrogen and oxygen atoms in total. The second-order valence-corrected chi connectivity index (χ2v) is 3.77. The van der Waals surface area contributed by atoms with Crippen LogP contribution in [0.5, 0.6) is 0 Å². The Balaban J connectivity index is 2.27. The fraction of sp³-hybridized carbons (Fsp3) is 0.333. The van der Waals surface area contributed by atoms with Gasteiger partial charge in [0.15, 0.2) is 5.65 Å². The van der Waals surface area contributed by atoms with Gasteiger partial charge in [0.1, 0.15) is 0 Å². The summed E-state index contributed by atoms with van der Waals surface area (Å²) in [6, 6.07) is 0. The van der Waals surface area contributed by atoms with Crippen LogP contribution >= 0.6 is 11.6 Å². The molecule has 1 aliphatic heterocycles. The van der Waals surface area contributed by atoms with Crippen LogP contribution in [0.4, 0.5) is 5.82 Å². The molecular formula is C9H9ClN5+. The minimum absolute atomic E-state index is 0.252. The van der Waals surface area contributed by atoms with E-state index in [1.54, 1.807) is 6.33 Å². The van der Waals surface area contributed by atoms with Gasteiger partial charge in [-0.3, -0.25) is 0 Å². The minimum atomic E-state index is 0.252. The summed E-state index contributed by atoms with van der Waals surface area (Å²) in [4.78, 5) is 15.4. The summed E-state index contributed by atoms with van der Waals surface area (Å²) in [5.74, 6) is 0.795. The number of nitrogens with one attached hydrogen (secondary N) is 1. The zero-order valence-electron chi connectivity index (χ0n) is 7.94. The molecule has 1 aliphatic rings. The van der Waals surface area contributed by atoms with Gasteiger partial charge in [0.2, 0.25) is 5.52 Å². The standard InChI is InChI=1S/C9H9ClN5/c10-9-13-7-6(11-5-12-7)8(14-9)15-3-1-2-4-15/h3,5H,1-2,4H2,(H,11,12,13,14)/q+1. The molecule has 6 heteroatoms. The van der Waals surface area contributed by atoms with E-state index < -0.39 is 0 Å². The Morgan fingerprint density at radius 1 is 1.40 bits per heavy atom. The van der Waals surface area contributed by atoms with E-state index in [1.807, 2.05) is 0 Å². The zero-order valence-corrected chi connectivity index (χ0v) is 8.70. The van der Waals surface area contributed by atoms with E-state index in [4.69, 9.17) is 11.6 Å². The Kier molecular flexibility index (Phi) is 1.92. The third kappa shape index (κ3) is 1.39. The van der Waals surface area contributed by atoms with Gasteiger partial charge in [-0.05, 0) is 23.0 Å². The van der Waals surface area contributed by atoms with Crippen molar-refractivity contribution in [2.45, 2.75) is 12.8 Å². The van der Waals surface area contributed by atoms with E-state index in [9.17, 15) is 0 Å². The SMILES string of the molecule is Clc1nc([N+]2=CCCC2)c2nc[nH]c2n1. The Labute approximate surface area is 90.8 Å². The number of aromatic nitrogens is 4. The van der Waals surface area contributed by atoms with Crippen molar-refractivity contribution in [2.75, 3.05) is 6.54 Å². The van der Waals surface area contributed by atoms with E-state index in [0.29, 0.717) is 5.65 Å². The number of aromatic amines is 1.